The molecule has 0 saturated heterocycles. The van der Waals surface area contributed by atoms with Crippen LogP contribution in [0.1, 0.15) is 105 Å². The number of hydrogen-bond acceptors (Lipinski definition) is 3. The molecule has 0 aliphatic heterocycles. The fraction of sp³-hybridized carbons (Fsp3) is 0.205. The Morgan fingerprint density at radius 1 is 0.393 bits per heavy atom. The second-order valence-corrected chi connectivity index (χ2v) is 28.1. The van der Waals surface area contributed by atoms with Crippen molar-refractivity contribution in [1.82, 2.24) is 19.1 Å². The molecule has 0 bridgehead atoms. The fourth-order valence-corrected chi connectivity index (χ4v) is 12.8. The second-order valence-electron chi connectivity index (χ2n) is 28.1. The molecule has 0 aliphatic carbocycles. The maximum Gasteiger partial charge on any atom is 0.143 e. The van der Waals surface area contributed by atoms with Crippen LogP contribution in [-0.4, -0.2) is 24.2 Å². The summed E-state index contributed by atoms with van der Waals surface area (Å²) in [5.41, 5.74) is 24.1. The van der Waals surface area contributed by atoms with Gasteiger partial charge >= 0.3 is 0 Å². The Bertz CT molecular complexity index is 4830. The number of phenols is 1. The van der Waals surface area contributed by atoms with Crippen LogP contribution in [0, 0.1) is 6.07 Å². The first-order valence-corrected chi connectivity index (χ1v) is 30.9. The monoisotopic (exact) mass is 1340 g/mol. The number of phenolic OH excluding ortho intramolecular Hbond substituents is 1. The number of imidazole rings is 1. The number of rotatable bonds is 9. The molecule has 0 fully saturated rings. The largest absolute Gasteiger partial charge is 0.507 e. The maximum atomic E-state index is 12.6. The molecule has 0 saturated carbocycles. The molecular weight excluding hydrogens is 1260 g/mol. The molecule has 0 radical (unpaired) electrons. The van der Waals surface area contributed by atoms with E-state index >= 15 is 0 Å². The van der Waals surface area contributed by atoms with E-state index in [-0.39, 0.29) is 48.5 Å². The van der Waals surface area contributed by atoms with Crippen molar-refractivity contribution in [2.45, 2.75) is 105 Å². The van der Waals surface area contributed by atoms with E-state index in [1.54, 1.807) is 0 Å². The molecule has 13 rings (SSSR count). The van der Waals surface area contributed by atoms with Crippen molar-refractivity contribution in [2.75, 3.05) is 0 Å². The normalized spacial score (nSPS) is 12.3. The standard InChI is InChI=1S/C83H77N4O.Pt/c1-80(2,3)59-36-38-63(68(48-59)52-26-17-14-18-27-52)55-42-56(44-58(43-55)73-46-54(40-41-84-73)65-33-25-34-67-66-32-23-24-35-74(66)87(77(65)67)62-30-21-16-22-31-62)70-45-57(64-39-37-60(81(4,5)6)49-69(64)53-28-19-15-20-29-53)47-75-76(70)85-79(86(75)13)71-50-61(82(7,8)9)51-72(78(71)88)83(10,11)12;/h14-43,45-51,88H,1-13H3;/q-1;. The summed E-state index contributed by atoms with van der Waals surface area (Å²) in [5, 5.41) is 15.0. The second kappa shape index (κ2) is 22.9. The number of nitrogens with zero attached hydrogens (tertiary/aromatic N) is 4. The Labute approximate surface area is 540 Å². The SMILES string of the molecule is Cn1c(-c2cc(C(C)(C)C)cc(C(C)(C)C)c2O)nc2c(-c3[c-]c(-c4cc(-c5cccc6c7ccccc7n(-c7ccccc7)c56)ccn4)cc(-c4ccc(C(C)(C)C)cc4-c4ccccc4)c3)cc(-c3ccc(C(C)(C)C)cc3-c3ccccc3)cc21.[Pt]. The summed E-state index contributed by atoms with van der Waals surface area (Å²) in [6, 6.07) is 83.6. The molecule has 89 heavy (non-hydrogen) atoms. The molecule has 10 aromatic carbocycles. The van der Waals surface area contributed by atoms with Gasteiger partial charge in [-0.3, -0.25) is 4.98 Å². The number of hydrogen-bond donors (Lipinski definition) is 1. The molecule has 1 N–H and O–H groups in total. The quantitative estimate of drug-likeness (QED) is 0.147. The smallest absolute Gasteiger partial charge is 0.143 e. The van der Waals surface area contributed by atoms with Crippen molar-refractivity contribution in [3.05, 3.63) is 253 Å². The van der Waals surface area contributed by atoms with Gasteiger partial charge in [0.1, 0.15) is 11.6 Å². The van der Waals surface area contributed by atoms with Gasteiger partial charge in [0.15, 0.2) is 0 Å². The molecule has 0 amide bonds. The van der Waals surface area contributed by atoms with Gasteiger partial charge < -0.3 is 14.2 Å². The van der Waals surface area contributed by atoms with Crippen molar-refractivity contribution in [3.63, 3.8) is 0 Å². The third kappa shape index (κ3) is 11.3. The summed E-state index contributed by atoms with van der Waals surface area (Å²) in [6.07, 6.45) is 1.95. The number of aromatic hydroxyl groups is 1. The molecule has 0 atom stereocenters. The minimum absolute atomic E-state index is 0. The first-order valence-electron chi connectivity index (χ1n) is 30.9. The molecule has 446 valence electrons. The van der Waals surface area contributed by atoms with Crippen LogP contribution in [0.4, 0.5) is 0 Å². The number of benzene rings is 10. The van der Waals surface area contributed by atoms with Crippen LogP contribution in [-0.2, 0) is 49.8 Å². The molecule has 13 aromatic rings. The third-order valence-electron chi connectivity index (χ3n) is 17.8. The van der Waals surface area contributed by atoms with Crippen LogP contribution in [0.25, 0.3) is 128 Å². The van der Waals surface area contributed by atoms with Gasteiger partial charge in [-0.15, -0.1) is 23.8 Å². The van der Waals surface area contributed by atoms with Crippen molar-refractivity contribution in [3.8, 4) is 101 Å². The maximum absolute atomic E-state index is 12.6. The Balaban J connectivity index is 0.00000769. The van der Waals surface area contributed by atoms with E-state index in [1.807, 2.05) is 6.20 Å². The number of para-hydroxylation sites is 3. The van der Waals surface area contributed by atoms with E-state index in [1.165, 1.54) is 21.9 Å². The number of aromatic nitrogens is 4. The van der Waals surface area contributed by atoms with Gasteiger partial charge in [-0.25, -0.2) is 4.98 Å². The minimum atomic E-state index is -0.344. The van der Waals surface area contributed by atoms with Crippen molar-refractivity contribution in [2.24, 2.45) is 7.05 Å². The zero-order chi connectivity index (χ0) is 61.6. The molecule has 0 aliphatic rings. The van der Waals surface area contributed by atoms with Crippen molar-refractivity contribution >= 4 is 32.8 Å². The van der Waals surface area contributed by atoms with Gasteiger partial charge in [-0.1, -0.05) is 270 Å². The minimum Gasteiger partial charge on any atom is -0.507 e. The summed E-state index contributed by atoms with van der Waals surface area (Å²) >= 11 is 0. The topological polar surface area (TPSA) is 55.9 Å². The molecule has 5 nitrogen and oxygen atoms in total. The van der Waals surface area contributed by atoms with Gasteiger partial charge in [0, 0.05) is 67.6 Å². The van der Waals surface area contributed by atoms with Gasteiger partial charge in [-0.05, 0) is 119 Å². The summed E-state index contributed by atoms with van der Waals surface area (Å²) in [7, 11) is 2.10. The van der Waals surface area contributed by atoms with Gasteiger partial charge in [-0.2, -0.15) is 0 Å². The Hall–Kier alpha value is -8.89. The molecule has 3 aromatic heterocycles. The Morgan fingerprint density at radius 2 is 0.933 bits per heavy atom. The number of fused-ring (bicyclic) bond motifs is 4. The number of aryl methyl sites for hydroxylation is 1. The van der Waals surface area contributed by atoms with Crippen LogP contribution >= 0.6 is 0 Å². The predicted molar refractivity (Wildman–Crippen MR) is 372 cm³/mol. The van der Waals surface area contributed by atoms with E-state index in [0.29, 0.717) is 11.4 Å². The Kier molecular flexibility index (Phi) is 15.6. The molecule has 0 spiro atoms. The fourth-order valence-electron chi connectivity index (χ4n) is 12.8. The van der Waals surface area contributed by atoms with E-state index in [9.17, 15) is 5.11 Å². The summed E-state index contributed by atoms with van der Waals surface area (Å²) in [6.45, 7) is 26.9. The van der Waals surface area contributed by atoms with Gasteiger partial charge in [0.05, 0.1) is 27.6 Å². The van der Waals surface area contributed by atoms with Gasteiger partial charge in [0.2, 0.25) is 0 Å². The van der Waals surface area contributed by atoms with Crippen LogP contribution in [0.15, 0.2) is 225 Å². The Morgan fingerprint density at radius 3 is 1.53 bits per heavy atom. The average molecular weight is 1340 g/mol. The molecule has 0 unspecified atom stereocenters. The summed E-state index contributed by atoms with van der Waals surface area (Å²) < 4.78 is 4.59. The van der Waals surface area contributed by atoms with Crippen LogP contribution in [0.3, 0.4) is 0 Å². The van der Waals surface area contributed by atoms with E-state index in [0.717, 1.165) is 117 Å². The molecule has 6 heteroatoms. The number of pyridine rings is 1. The zero-order valence-corrected chi connectivity index (χ0v) is 55.7. The van der Waals surface area contributed by atoms with Crippen LogP contribution < -0.4 is 0 Å². The van der Waals surface area contributed by atoms with Crippen LogP contribution in [0.2, 0.25) is 0 Å². The van der Waals surface area contributed by atoms with Crippen molar-refractivity contribution < 1.29 is 26.2 Å². The van der Waals surface area contributed by atoms with E-state index < -0.39 is 0 Å². The van der Waals surface area contributed by atoms with Crippen LogP contribution in [0.5, 0.6) is 5.75 Å². The zero-order valence-electron chi connectivity index (χ0n) is 53.4. The molecular formula is C83H77N4OPt-. The predicted octanol–water partition coefficient (Wildman–Crippen LogP) is 22.1. The van der Waals surface area contributed by atoms with Crippen molar-refractivity contribution in [1.29, 1.82) is 0 Å². The van der Waals surface area contributed by atoms with E-state index in [2.05, 4.69) is 324 Å². The van der Waals surface area contributed by atoms with E-state index in [4.69, 9.17) is 9.97 Å². The third-order valence-corrected chi connectivity index (χ3v) is 17.8. The first-order chi connectivity index (χ1) is 42.0. The first kappa shape index (κ1) is 60.4. The summed E-state index contributed by atoms with van der Waals surface area (Å²) in [4.78, 5) is 11.0. The summed E-state index contributed by atoms with van der Waals surface area (Å²) in [5.74, 6) is 0.935. The average Bonchev–Trinajstić information content (AvgIpc) is 1.89. The molecule has 3 heterocycles. The van der Waals surface area contributed by atoms with Gasteiger partial charge in [0.25, 0.3) is 0 Å².